The Morgan fingerprint density at radius 3 is 2.80 bits per heavy atom. The Kier molecular flexibility index (Phi) is 6.56. The van der Waals surface area contributed by atoms with Gasteiger partial charge in [0.1, 0.15) is 17.4 Å². The molecule has 1 aliphatic rings. The van der Waals surface area contributed by atoms with Crippen molar-refractivity contribution in [2.75, 3.05) is 25.6 Å². The molecular weight excluding hydrogens is 469 g/mol. The van der Waals surface area contributed by atoms with Crippen LogP contribution in [0, 0.1) is 5.82 Å². The van der Waals surface area contributed by atoms with Crippen LogP contribution >= 0.6 is 11.3 Å². The molecule has 0 bridgehead atoms. The molecular formula is C25H24FN5O3S. The van der Waals surface area contributed by atoms with E-state index in [0.29, 0.717) is 35.4 Å². The van der Waals surface area contributed by atoms with E-state index in [1.807, 2.05) is 14.8 Å². The van der Waals surface area contributed by atoms with E-state index in [4.69, 9.17) is 4.74 Å². The molecule has 1 unspecified atom stereocenters. The first-order valence-electron chi connectivity index (χ1n) is 11.3. The number of methoxy groups -OCH3 is 1. The van der Waals surface area contributed by atoms with Crippen molar-refractivity contribution in [3.05, 3.63) is 76.3 Å². The number of nitrogens with one attached hydrogen (secondary N) is 1. The van der Waals surface area contributed by atoms with Gasteiger partial charge in [0.2, 0.25) is 5.91 Å². The first-order chi connectivity index (χ1) is 17.0. The SMILES string of the molecule is COCC(=O)Nc1cc(C(=O)N2CCCC2c2nccs2)c2c(c1)ncn2Cc1ccc(F)cc1. The predicted molar refractivity (Wildman–Crippen MR) is 131 cm³/mol. The number of imidazole rings is 1. The average Bonchev–Trinajstić information content (AvgIpc) is 3.61. The molecule has 2 aromatic heterocycles. The van der Waals surface area contributed by atoms with Crippen molar-refractivity contribution in [2.45, 2.75) is 25.4 Å². The van der Waals surface area contributed by atoms with Gasteiger partial charge in [0.15, 0.2) is 0 Å². The van der Waals surface area contributed by atoms with Crippen LogP contribution in [0.2, 0.25) is 0 Å². The second-order valence-corrected chi connectivity index (χ2v) is 9.32. The molecule has 0 radical (unpaired) electrons. The molecule has 4 aromatic rings. The van der Waals surface area contributed by atoms with Crippen LogP contribution in [0.3, 0.4) is 0 Å². The molecule has 2 amide bonds. The fraction of sp³-hybridized carbons (Fsp3) is 0.280. The van der Waals surface area contributed by atoms with E-state index < -0.39 is 0 Å². The molecule has 8 nitrogen and oxygen atoms in total. The van der Waals surface area contributed by atoms with Crippen LogP contribution in [-0.2, 0) is 16.1 Å². The van der Waals surface area contributed by atoms with Crippen LogP contribution in [-0.4, -0.2) is 51.5 Å². The minimum absolute atomic E-state index is 0.0854. The molecule has 0 saturated carbocycles. The highest BCUT2D eigenvalue weighted by atomic mass is 32.1. The smallest absolute Gasteiger partial charge is 0.256 e. The van der Waals surface area contributed by atoms with E-state index in [0.717, 1.165) is 23.4 Å². The molecule has 0 aliphatic carbocycles. The number of carbonyl (C=O) groups is 2. The summed E-state index contributed by atoms with van der Waals surface area (Å²) in [4.78, 5) is 36.9. The van der Waals surface area contributed by atoms with Crippen molar-refractivity contribution in [1.29, 1.82) is 0 Å². The molecule has 10 heteroatoms. The summed E-state index contributed by atoms with van der Waals surface area (Å²) in [7, 11) is 1.45. The molecule has 180 valence electrons. The Bertz CT molecular complexity index is 1350. The number of rotatable bonds is 7. The summed E-state index contributed by atoms with van der Waals surface area (Å²) in [5, 5.41) is 5.62. The van der Waals surface area contributed by atoms with Crippen LogP contribution in [0.1, 0.15) is 39.8 Å². The van der Waals surface area contributed by atoms with Gasteiger partial charge in [-0.3, -0.25) is 9.59 Å². The number of aromatic nitrogens is 3. The first-order valence-corrected chi connectivity index (χ1v) is 12.1. The quantitative estimate of drug-likeness (QED) is 0.416. The third-order valence-electron chi connectivity index (χ3n) is 6.02. The fourth-order valence-electron chi connectivity index (χ4n) is 4.50. The van der Waals surface area contributed by atoms with E-state index in [1.54, 1.807) is 48.1 Å². The van der Waals surface area contributed by atoms with Gasteiger partial charge in [0, 0.05) is 37.5 Å². The Morgan fingerprint density at radius 2 is 2.06 bits per heavy atom. The van der Waals surface area contributed by atoms with Crippen LogP contribution in [0.25, 0.3) is 11.0 Å². The highest BCUT2D eigenvalue weighted by Gasteiger charge is 2.33. The summed E-state index contributed by atoms with van der Waals surface area (Å²) in [5.74, 6) is -0.770. The summed E-state index contributed by atoms with van der Waals surface area (Å²) in [5.41, 5.74) is 3.03. The first kappa shape index (κ1) is 23.1. The van der Waals surface area contributed by atoms with E-state index in [-0.39, 0.29) is 30.3 Å². The monoisotopic (exact) mass is 493 g/mol. The van der Waals surface area contributed by atoms with E-state index in [9.17, 15) is 14.0 Å². The lowest BCUT2D eigenvalue weighted by Gasteiger charge is -2.24. The standard InChI is InChI=1S/C25H24FN5O3S/c1-34-14-22(32)29-18-11-19(25(33)31-9-2-3-21(31)24-27-8-10-35-24)23-20(12-18)28-15-30(23)13-16-4-6-17(26)7-5-16/h4-8,10-12,15,21H,2-3,9,13-14H2,1H3,(H,29,32). The molecule has 1 saturated heterocycles. The van der Waals surface area contributed by atoms with Gasteiger partial charge >= 0.3 is 0 Å². The highest BCUT2D eigenvalue weighted by molar-refractivity contribution is 7.09. The van der Waals surface area contributed by atoms with Crippen LogP contribution in [0.4, 0.5) is 10.1 Å². The number of halogens is 1. The number of amides is 2. The second kappa shape index (κ2) is 9.93. The molecule has 2 aromatic carbocycles. The van der Waals surface area contributed by atoms with Crippen LogP contribution in [0.5, 0.6) is 0 Å². The van der Waals surface area contributed by atoms with Gasteiger partial charge in [-0.05, 0) is 42.7 Å². The van der Waals surface area contributed by atoms with Crippen molar-refractivity contribution in [3.8, 4) is 0 Å². The Morgan fingerprint density at radius 1 is 1.23 bits per heavy atom. The number of ether oxygens (including phenoxy) is 1. The average molecular weight is 494 g/mol. The molecule has 35 heavy (non-hydrogen) atoms. The molecule has 1 aliphatic heterocycles. The maximum Gasteiger partial charge on any atom is 0.256 e. The van der Waals surface area contributed by atoms with E-state index in [1.165, 1.54) is 19.2 Å². The molecule has 1 atom stereocenters. The number of nitrogens with zero attached hydrogens (tertiary/aromatic N) is 4. The molecule has 1 fully saturated rings. The summed E-state index contributed by atoms with van der Waals surface area (Å²) in [6.07, 6.45) is 5.15. The molecule has 5 rings (SSSR count). The normalized spacial score (nSPS) is 15.6. The van der Waals surface area contributed by atoms with Gasteiger partial charge in [-0.2, -0.15) is 0 Å². The zero-order valence-corrected chi connectivity index (χ0v) is 19.9. The molecule has 1 N–H and O–H groups in total. The van der Waals surface area contributed by atoms with E-state index in [2.05, 4.69) is 15.3 Å². The zero-order valence-electron chi connectivity index (χ0n) is 19.1. The van der Waals surface area contributed by atoms with Crippen LogP contribution < -0.4 is 5.32 Å². The number of likely N-dealkylation sites (tertiary alicyclic amines) is 1. The van der Waals surface area contributed by atoms with Crippen molar-refractivity contribution in [3.63, 3.8) is 0 Å². The summed E-state index contributed by atoms with van der Waals surface area (Å²) >= 11 is 1.54. The zero-order chi connectivity index (χ0) is 24.4. The Labute approximate surface area is 205 Å². The van der Waals surface area contributed by atoms with Gasteiger partial charge in [-0.15, -0.1) is 11.3 Å². The van der Waals surface area contributed by atoms with Crippen molar-refractivity contribution in [1.82, 2.24) is 19.4 Å². The summed E-state index contributed by atoms with van der Waals surface area (Å²) in [6.45, 7) is 0.942. The maximum absolute atomic E-state index is 14.0. The van der Waals surface area contributed by atoms with Crippen LogP contribution in [0.15, 0.2) is 54.3 Å². The number of hydrogen-bond donors (Lipinski definition) is 1. The number of anilines is 1. The fourth-order valence-corrected chi connectivity index (χ4v) is 5.28. The number of benzene rings is 2. The van der Waals surface area contributed by atoms with Gasteiger partial charge < -0.3 is 19.5 Å². The lowest BCUT2D eigenvalue weighted by Crippen LogP contribution is -2.31. The van der Waals surface area contributed by atoms with Gasteiger partial charge in [-0.25, -0.2) is 14.4 Å². The molecule has 3 heterocycles. The summed E-state index contributed by atoms with van der Waals surface area (Å²) in [6, 6.07) is 9.58. The van der Waals surface area contributed by atoms with Gasteiger partial charge in [-0.1, -0.05) is 12.1 Å². The van der Waals surface area contributed by atoms with E-state index >= 15 is 0 Å². The third-order valence-corrected chi connectivity index (χ3v) is 6.90. The highest BCUT2D eigenvalue weighted by Crippen LogP contribution is 2.36. The van der Waals surface area contributed by atoms with Gasteiger partial charge in [0.25, 0.3) is 5.91 Å². The minimum atomic E-state index is -0.321. The lowest BCUT2D eigenvalue weighted by atomic mass is 10.1. The minimum Gasteiger partial charge on any atom is -0.375 e. The van der Waals surface area contributed by atoms with Crippen molar-refractivity contribution >= 4 is 39.9 Å². The largest absolute Gasteiger partial charge is 0.375 e. The molecule has 0 spiro atoms. The maximum atomic E-state index is 14.0. The number of thiazole rings is 1. The van der Waals surface area contributed by atoms with Crippen molar-refractivity contribution < 1.29 is 18.7 Å². The number of hydrogen-bond acceptors (Lipinski definition) is 6. The number of carbonyl (C=O) groups excluding carboxylic acids is 2. The Hall–Kier alpha value is -3.63. The van der Waals surface area contributed by atoms with Gasteiger partial charge in [0.05, 0.1) is 29.0 Å². The topological polar surface area (TPSA) is 89.3 Å². The third kappa shape index (κ3) is 4.80. The summed E-state index contributed by atoms with van der Waals surface area (Å²) < 4.78 is 20.2. The lowest BCUT2D eigenvalue weighted by molar-refractivity contribution is -0.119. The predicted octanol–water partition coefficient (Wildman–Crippen LogP) is 4.24. The Balaban J connectivity index is 1.56. The number of fused-ring (bicyclic) bond motifs is 1. The van der Waals surface area contributed by atoms with Crippen molar-refractivity contribution in [2.24, 2.45) is 0 Å². The second-order valence-electron chi connectivity index (χ2n) is 8.40.